The molecule has 1 fully saturated rings. The largest absolute Gasteiger partial charge is 0.489 e. The molecule has 1 aliphatic carbocycles. The summed E-state index contributed by atoms with van der Waals surface area (Å²) in [5.41, 5.74) is 6.53. The fourth-order valence-electron chi connectivity index (χ4n) is 2.85. The van der Waals surface area contributed by atoms with Crippen LogP contribution in [0, 0.1) is 10.1 Å². The molecule has 3 rings (SSSR count). The van der Waals surface area contributed by atoms with Crippen molar-refractivity contribution in [3.8, 4) is 5.75 Å². The van der Waals surface area contributed by atoms with Gasteiger partial charge in [0.2, 0.25) is 0 Å². The van der Waals surface area contributed by atoms with Gasteiger partial charge in [-0.25, -0.2) is 0 Å². The smallest absolute Gasteiger partial charge is 0.279 e. The number of nitro groups is 1. The topological polar surface area (TPSA) is 91.3 Å². The van der Waals surface area contributed by atoms with Crippen molar-refractivity contribution in [1.29, 1.82) is 0 Å². The zero-order valence-corrected chi connectivity index (χ0v) is 11.6. The van der Waals surface area contributed by atoms with Crippen molar-refractivity contribution < 1.29 is 9.66 Å². The lowest BCUT2D eigenvalue weighted by Crippen LogP contribution is -2.42. The second kappa shape index (κ2) is 5.29. The molecule has 2 aromatic rings. The summed E-state index contributed by atoms with van der Waals surface area (Å²) in [6.07, 6.45) is 5.75. The second-order valence-corrected chi connectivity index (χ2v) is 5.60. The number of ether oxygens (including phenoxy) is 1. The molecule has 1 heterocycles. The second-order valence-electron chi connectivity index (χ2n) is 5.60. The summed E-state index contributed by atoms with van der Waals surface area (Å²) in [5, 5.41) is 11.5. The first-order valence-electron chi connectivity index (χ1n) is 7.03. The van der Waals surface area contributed by atoms with E-state index in [4.69, 9.17) is 10.5 Å². The summed E-state index contributed by atoms with van der Waals surface area (Å²) in [6, 6.07) is 6.42. The Kier molecular flexibility index (Phi) is 3.47. The van der Waals surface area contributed by atoms with Gasteiger partial charge in [0.15, 0.2) is 0 Å². The van der Waals surface area contributed by atoms with Gasteiger partial charge in [0.05, 0.1) is 15.8 Å². The van der Waals surface area contributed by atoms with Crippen molar-refractivity contribution >= 4 is 16.6 Å². The molecule has 110 valence electrons. The van der Waals surface area contributed by atoms with E-state index in [9.17, 15) is 10.1 Å². The lowest BCUT2D eigenvalue weighted by atomic mass is 10.0. The zero-order chi connectivity index (χ0) is 14.9. The Bertz CT molecular complexity index is 681. The van der Waals surface area contributed by atoms with E-state index in [0.29, 0.717) is 23.3 Å². The van der Waals surface area contributed by atoms with Gasteiger partial charge in [0.1, 0.15) is 17.9 Å². The molecule has 1 aromatic heterocycles. The summed E-state index contributed by atoms with van der Waals surface area (Å²) in [5.74, 6) is 0.549. The van der Waals surface area contributed by atoms with Crippen LogP contribution in [-0.2, 0) is 0 Å². The number of benzene rings is 1. The Balaban J connectivity index is 1.92. The molecular weight excluding hydrogens is 270 g/mol. The molecule has 0 atom stereocenters. The van der Waals surface area contributed by atoms with E-state index >= 15 is 0 Å². The van der Waals surface area contributed by atoms with Gasteiger partial charge in [-0.15, -0.1) is 0 Å². The molecule has 1 aliphatic rings. The van der Waals surface area contributed by atoms with Crippen LogP contribution in [0.1, 0.15) is 25.7 Å². The summed E-state index contributed by atoms with van der Waals surface area (Å²) < 4.78 is 5.83. The van der Waals surface area contributed by atoms with Crippen molar-refractivity contribution in [2.24, 2.45) is 5.73 Å². The molecule has 1 saturated carbocycles. The summed E-state index contributed by atoms with van der Waals surface area (Å²) in [7, 11) is 0. The number of hydrogen-bond donors (Lipinski definition) is 1. The molecular formula is C15H17N3O3. The number of non-ortho nitro benzene ring substituents is 1. The highest BCUT2D eigenvalue weighted by molar-refractivity contribution is 5.92. The van der Waals surface area contributed by atoms with Crippen molar-refractivity contribution in [2.45, 2.75) is 31.2 Å². The molecule has 0 unspecified atom stereocenters. The lowest BCUT2D eigenvalue weighted by molar-refractivity contribution is -0.383. The molecule has 6 heteroatoms. The number of hydrogen-bond acceptors (Lipinski definition) is 5. The Morgan fingerprint density at radius 3 is 2.81 bits per heavy atom. The maximum absolute atomic E-state index is 11.1. The monoisotopic (exact) mass is 287 g/mol. The van der Waals surface area contributed by atoms with Crippen LogP contribution in [0.2, 0.25) is 0 Å². The van der Waals surface area contributed by atoms with Crippen molar-refractivity contribution in [2.75, 3.05) is 6.61 Å². The average Bonchev–Trinajstić information content (AvgIpc) is 2.91. The van der Waals surface area contributed by atoms with Gasteiger partial charge >= 0.3 is 0 Å². The maximum atomic E-state index is 11.1. The van der Waals surface area contributed by atoms with Gasteiger partial charge in [0.25, 0.3) is 5.69 Å². The van der Waals surface area contributed by atoms with Crippen LogP contribution in [0.25, 0.3) is 10.9 Å². The first-order chi connectivity index (χ1) is 10.1. The van der Waals surface area contributed by atoms with E-state index in [1.807, 2.05) is 0 Å². The van der Waals surface area contributed by atoms with Crippen LogP contribution in [0.5, 0.6) is 5.75 Å². The third-order valence-corrected chi connectivity index (χ3v) is 4.02. The third kappa shape index (κ3) is 2.67. The van der Waals surface area contributed by atoms with Crippen molar-refractivity contribution in [1.82, 2.24) is 4.98 Å². The van der Waals surface area contributed by atoms with Crippen molar-refractivity contribution in [3.63, 3.8) is 0 Å². The van der Waals surface area contributed by atoms with Gasteiger partial charge in [-0.2, -0.15) is 0 Å². The molecule has 0 spiro atoms. The van der Waals surface area contributed by atoms with Crippen molar-refractivity contribution in [3.05, 3.63) is 40.6 Å². The molecule has 0 amide bonds. The molecule has 0 bridgehead atoms. The fraction of sp³-hybridized carbons (Fsp3) is 0.400. The highest BCUT2D eigenvalue weighted by Crippen LogP contribution is 2.33. The number of fused-ring (bicyclic) bond motifs is 1. The molecule has 0 radical (unpaired) electrons. The Labute approximate surface area is 122 Å². The first-order valence-corrected chi connectivity index (χ1v) is 7.03. The average molecular weight is 287 g/mol. The summed E-state index contributed by atoms with van der Waals surface area (Å²) in [6.45, 7) is 0.413. The van der Waals surface area contributed by atoms with Gasteiger partial charge in [0, 0.05) is 12.3 Å². The van der Waals surface area contributed by atoms with Gasteiger partial charge in [-0.05, 0) is 31.0 Å². The zero-order valence-electron chi connectivity index (χ0n) is 11.6. The lowest BCUT2D eigenvalue weighted by Gasteiger charge is -2.23. The SMILES string of the molecule is NC1(COc2ccc([N+](=O)[O-])c3cccnc23)CCCC1. The number of nitrogens with zero attached hydrogens (tertiary/aromatic N) is 2. The molecule has 0 saturated heterocycles. The number of aromatic nitrogens is 1. The van der Waals surface area contributed by atoms with Crippen LogP contribution in [0.4, 0.5) is 5.69 Å². The van der Waals surface area contributed by atoms with Gasteiger partial charge < -0.3 is 10.5 Å². The van der Waals surface area contributed by atoms with Crippen LogP contribution < -0.4 is 10.5 Å². The van der Waals surface area contributed by atoms with E-state index in [-0.39, 0.29) is 11.2 Å². The van der Waals surface area contributed by atoms with Crippen LogP contribution in [0.3, 0.4) is 0 Å². The molecule has 2 N–H and O–H groups in total. The minimum Gasteiger partial charge on any atom is -0.489 e. The number of pyridine rings is 1. The first kappa shape index (κ1) is 13.8. The predicted octanol–water partition coefficient (Wildman–Crippen LogP) is 2.79. The van der Waals surface area contributed by atoms with Crippen LogP contribution >= 0.6 is 0 Å². The minimum absolute atomic E-state index is 0.0359. The Morgan fingerprint density at radius 2 is 2.10 bits per heavy atom. The molecule has 0 aliphatic heterocycles. The van der Waals surface area contributed by atoms with Crippen LogP contribution in [0.15, 0.2) is 30.5 Å². The Morgan fingerprint density at radius 1 is 1.33 bits per heavy atom. The molecule has 6 nitrogen and oxygen atoms in total. The van der Waals surface area contributed by atoms with Gasteiger partial charge in [-0.3, -0.25) is 15.1 Å². The highest BCUT2D eigenvalue weighted by Gasteiger charge is 2.30. The van der Waals surface area contributed by atoms with E-state index < -0.39 is 4.92 Å². The predicted molar refractivity (Wildman–Crippen MR) is 79.3 cm³/mol. The fourth-order valence-corrected chi connectivity index (χ4v) is 2.85. The van der Waals surface area contributed by atoms with Gasteiger partial charge in [-0.1, -0.05) is 12.8 Å². The van der Waals surface area contributed by atoms with E-state index in [1.54, 1.807) is 24.4 Å². The summed E-state index contributed by atoms with van der Waals surface area (Å²) in [4.78, 5) is 14.9. The number of rotatable bonds is 4. The standard InChI is InChI=1S/C15H17N3O3/c16-15(7-1-2-8-15)10-21-13-6-5-12(18(19)20)11-4-3-9-17-14(11)13/h3-6,9H,1-2,7-8,10,16H2. The maximum Gasteiger partial charge on any atom is 0.279 e. The number of nitrogens with two attached hydrogens (primary N) is 1. The normalized spacial score (nSPS) is 17.0. The molecule has 1 aromatic carbocycles. The summed E-state index contributed by atoms with van der Waals surface area (Å²) >= 11 is 0. The van der Waals surface area contributed by atoms with Crippen LogP contribution in [-0.4, -0.2) is 22.1 Å². The highest BCUT2D eigenvalue weighted by atomic mass is 16.6. The molecule has 21 heavy (non-hydrogen) atoms. The minimum atomic E-state index is -0.408. The van der Waals surface area contributed by atoms with E-state index in [2.05, 4.69) is 4.98 Å². The van der Waals surface area contributed by atoms with E-state index in [1.165, 1.54) is 6.07 Å². The Hall–Kier alpha value is -2.21. The quantitative estimate of drug-likeness (QED) is 0.689. The number of nitro benzene ring substituents is 1. The van der Waals surface area contributed by atoms with E-state index in [0.717, 1.165) is 25.7 Å². The third-order valence-electron chi connectivity index (χ3n) is 4.02.